The van der Waals surface area contributed by atoms with E-state index in [-0.39, 0.29) is 0 Å². The van der Waals surface area contributed by atoms with Gasteiger partial charge >= 0.3 is 11.9 Å². The molecule has 1 amide bonds. The van der Waals surface area contributed by atoms with Crippen molar-refractivity contribution < 1.29 is 14.3 Å². The molecule has 0 aromatic rings. The molecule has 1 N–H and O–H groups in total. The third kappa shape index (κ3) is 10.1. The fourth-order valence-electron chi connectivity index (χ4n) is 1.60. The molecule has 0 rings (SSSR count). The number of carbonyl (C=O) groups excluding carboxylic acids is 2. The third-order valence-electron chi connectivity index (χ3n) is 2.70. The van der Waals surface area contributed by atoms with Crippen molar-refractivity contribution in [3.05, 3.63) is 0 Å². The standard InChI is InChI=1S/C14H27NO3/c1-3-5-6-7-8-9-10-12-18-14(17)13(16)15-11-4-2/h3-12H2,1-2H3,(H,15,16). The molecule has 0 aromatic carbocycles. The summed E-state index contributed by atoms with van der Waals surface area (Å²) in [5.41, 5.74) is 0. The van der Waals surface area contributed by atoms with Gasteiger partial charge in [0, 0.05) is 6.54 Å². The first-order valence-electron chi connectivity index (χ1n) is 7.17. The van der Waals surface area contributed by atoms with Crippen molar-refractivity contribution in [3.63, 3.8) is 0 Å². The number of unbranched alkanes of at least 4 members (excludes halogenated alkanes) is 6. The van der Waals surface area contributed by atoms with Crippen LogP contribution in [0.5, 0.6) is 0 Å². The molecule has 0 saturated carbocycles. The van der Waals surface area contributed by atoms with E-state index in [0.717, 1.165) is 19.3 Å². The van der Waals surface area contributed by atoms with Crippen molar-refractivity contribution in [2.45, 2.75) is 65.2 Å². The summed E-state index contributed by atoms with van der Waals surface area (Å²) in [6.45, 7) is 5.00. The molecule has 0 heterocycles. The van der Waals surface area contributed by atoms with Gasteiger partial charge in [0.05, 0.1) is 6.61 Å². The Kier molecular flexibility index (Phi) is 11.7. The Morgan fingerprint density at radius 1 is 0.889 bits per heavy atom. The van der Waals surface area contributed by atoms with Gasteiger partial charge in [0.15, 0.2) is 0 Å². The van der Waals surface area contributed by atoms with E-state index in [4.69, 9.17) is 4.74 Å². The molecule has 0 radical (unpaired) electrons. The Morgan fingerprint density at radius 3 is 2.11 bits per heavy atom. The predicted octanol–water partition coefficient (Wildman–Crippen LogP) is 2.81. The molecule has 18 heavy (non-hydrogen) atoms. The second-order valence-corrected chi connectivity index (χ2v) is 4.51. The van der Waals surface area contributed by atoms with Crippen LogP contribution >= 0.6 is 0 Å². The van der Waals surface area contributed by atoms with E-state index in [0.29, 0.717) is 13.2 Å². The number of esters is 1. The number of amides is 1. The average molecular weight is 257 g/mol. The normalized spacial score (nSPS) is 10.1. The molecule has 0 aliphatic rings. The molecule has 4 heteroatoms. The van der Waals surface area contributed by atoms with Crippen LogP contribution in [-0.2, 0) is 14.3 Å². The van der Waals surface area contributed by atoms with Gasteiger partial charge in [-0.1, -0.05) is 52.4 Å². The van der Waals surface area contributed by atoms with Crippen LogP contribution in [0.25, 0.3) is 0 Å². The highest BCUT2D eigenvalue weighted by Crippen LogP contribution is 2.06. The molecular weight excluding hydrogens is 230 g/mol. The molecule has 0 spiro atoms. The van der Waals surface area contributed by atoms with E-state index in [9.17, 15) is 9.59 Å². The minimum absolute atomic E-state index is 0.353. The summed E-state index contributed by atoms with van der Waals surface area (Å²) in [5, 5.41) is 2.49. The quantitative estimate of drug-likeness (QED) is 0.372. The van der Waals surface area contributed by atoms with Crippen LogP contribution in [0.15, 0.2) is 0 Å². The molecule has 0 atom stereocenters. The summed E-state index contributed by atoms with van der Waals surface area (Å²) >= 11 is 0. The minimum Gasteiger partial charge on any atom is -0.459 e. The first-order chi connectivity index (χ1) is 8.72. The highest BCUT2D eigenvalue weighted by molar-refractivity contribution is 6.32. The Hall–Kier alpha value is -1.06. The molecule has 0 bridgehead atoms. The summed E-state index contributed by atoms with van der Waals surface area (Å²) in [7, 11) is 0. The summed E-state index contributed by atoms with van der Waals surface area (Å²) in [6.07, 6.45) is 8.99. The van der Waals surface area contributed by atoms with Crippen LogP contribution in [0.1, 0.15) is 65.2 Å². The van der Waals surface area contributed by atoms with Crippen LogP contribution in [0.3, 0.4) is 0 Å². The Morgan fingerprint density at radius 2 is 1.50 bits per heavy atom. The molecule has 4 nitrogen and oxygen atoms in total. The third-order valence-corrected chi connectivity index (χ3v) is 2.70. The lowest BCUT2D eigenvalue weighted by atomic mass is 10.1. The van der Waals surface area contributed by atoms with Crippen molar-refractivity contribution >= 4 is 11.9 Å². The van der Waals surface area contributed by atoms with Crippen LogP contribution in [-0.4, -0.2) is 25.0 Å². The number of ether oxygens (including phenoxy) is 1. The highest BCUT2D eigenvalue weighted by atomic mass is 16.5. The van der Waals surface area contributed by atoms with Gasteiger partial charge in [-0.2, -0.15) is 0 Å². The molecule has 0 aliphatic carbocycles. The summed E-state index contributed by atoms with van der Waals surface area (Å²) in [5.74, 6) is -1.38. The van der Waals surface area contributed by atoms with Gasteiger partial charge in [0.1, 0.15) is 0 Å². The zero-order valence-electron chi connectivity index (χ0n) is 11.8. The summed E-state index contributed by atoms with van der Waals surface area (Å²) < 4.78 is 4.88. The SMILES string of the molecule is CCCCCCCCCOC(=O)C(=O)NCCC. The molecule has 0 unspecified atom stereocenters. The van der Waals surface area contributed by atoms with Crippen LogP contribution in [0.4, 0.5) is 0 Å². The molecule has 0 aromatic heterocycles. The van der Waals surface area contributed by atoms with E-state index >= 15 is 0 Å². The maximum Gasteiger partial charge on any atom is 0.396 e. The first kappa shape index (κ1) is 16.9. The van der Waals surface area contributed by atoms with Gasteiger partial charge < -0.3 is 10.1 Å². The van der Waals surface area contributed by atoms with Crippen LogP contribution in [0.2, 0.25) is 0 Å². The lowest BCUT2D eigenvalue weighted by molar-refractivity contribution is -0.155. The molecule has 0 fully saturated rings. The Labute approximate surface area is 110 Å². The zero-order chi connectivity index (χ0) is 13.6. The largest absolute Gasteiger partial charge is 0.459 e. The Bertz CT molecular complexity index is 229. The maximum atomic E-state index is 11.2. The number of rotatable bonds is 10. The first-order valence-corrected chi connectivity index (χ1v) is 7.17. The predicted molar refractivity (Wildman–Crippen MR) is 72.3 cm³/mol. The van der Waals surface area contributed by atoms with E-state index in [2.05, 4.69) is 12.2 Å². The van der Waals surface area contributed by atoms with Crippen molar-refractivity contribution in [1.82, 2.24) is 5.32 Å². The zero-order valence-corrected chi connectivity index (χ0v) is 11.8. The Balaban J connectivity index is 3.32. The van der Waals surface area contributed by atoms with Gasteiger partial charge in [-0.25, -0.2) is 4.79 Å². The van der Waals surface area contributed by atoms with Crippen molar-refractivity contribution in [3.8, 4) is 0 Å². The van der Waals surface area contributed by atoms with Gasteiger partial charge in [-0.3, -0.25) is 4.79 Å². The number of hydrogen-bond acceptors (Lipinski definition) is 3. The van der Waals surface area contributed by atoms with E-state index < -0.39 is 11.9 Å². The monoisotopic (exact) mass is 257 g/mol. The average Bonchev–Trinajstić information content (AvgIpc) is 2.38. The van der Waals surface area contributed by atoms with E-state index in [1.54, 1.807) is 0 Å². The van der Waals surface area contributed by atoms with Gasteiger partial charge in [0.2, 0.25) is 0 Å². The van der Waals surface area contributed by atoms with Crippen LogP contribution in [0, 0.1) is 0 Å². The number of carbonyl (C=O) groups is 2. The lowest BCUT2D eigenvalue weighted by Gasteiger charge is -2.05. The molecule has 0 saturated heterocycles. The number of nitrogens with one attached hydrogen (secondary N) is 1. The summed E-state index contributed by atoms with van der Waals surface area (Å²) in [6, 6.07) is 0. The van der Waals surface area contributed by atoms with Gasteiger partial charge in [-0.15, -0.1) is 0 Å². The highest BCUT2D eigenvalue weighted by Gasteiger charge is 2.13. The van der Waals surface area contributed by atoms with E-state index in [1.807, 2.05) is 6.92 Å². The van der Waals surface area contributed by atoms with Crippen LogP contribution < -0.4 is 5.32 Å². The number of hydrogen-bond donors (Lipinski definition) is 1. The molecule has 106 valence electrons. The maximum absolute atomic E-state index is 11.2. The van der Waals surface area contributed by atoms with Crippen molar-refractivity contribution in [2.24, 2.45) is 0 Å². The smallest absolute Gasteiger partial charge is 0.396 e. The van der Waals surface area contributed by atoms with Crippen molar-refractivity contribution in [2.75, 3.05) is 13.2 Å². The minimum atomic E-state index is -0.755. The fraction of sp³-hybridized carbons (Fsp3) is 0.857. The van der Waals surface area contributed by atoms with Crippen molar-refractivity contribution in [1.29, 1.82) is 0 Å². The lowest BCUT2D eigenvalue weighted by Crippen LogP contribution is -2.33. The summed E-state index contributed by atoms with van der Waals surface area (Å²) in [4.78, 5) is 22.3. The van der Waals surface area contributed by atoms with Gasteiger partial charge in [-0.05, 0) is 12.8 Å². The van der Waals surface area contributed by atoms with Gasteiger partial charge in [0.25, 0.3) is 0 Å². The molecule has 0 aliphatic heterocycles. The van der Waals surface area contributed by atoms with E-state index in [1.165, 1.54) is 32.1 Å². The second kappa shape index (κ2) is 12.4. The molecular formula is C14H27NO3. The second-order valence-electron chi connectivity index (χ2n) is 4.51. The topological polar surface area (TPSA) is 55.4 Å². The fourth-order valence-corrected chi connectivity index (χ4v) is 1.60.